The van der Waals surface area contributed by atoms with Crippen LogP contribution in [0.2, 0.25) is 0 Å². The maximum atomic E-state index is 15.1. The predicted molar refractivity (Wildman–Crippen MR) is 152 cm³/mol. The van der Waals surface area contributed by atoms with Gasteiger partial charge >= 0.3 is 0 Å². The molecule has 4 nitrogen and oxygen atoms in total. The Labute approximate surface area is 225 Å². The Morgan fingerprint density at radius 1 is 1.03 bits per heavy atom. The van der Waals surface area contributed by atoms with Crippen LogP contribution < -0.4 is 10.2 Å². The Balaban J connectivity index is 0.00000164. The third-order valence-electron chi connectivity index (χ3n) is 7.99. The van der Waals surface area contributed by atoms with E-state index in [1.165, 1.54) is 11.6 Å². The van der Waals surface area contributed by atoms with E-state index in [2.05, 4.69) is 29.6 Å². The number of hydrogen-bond acceptors (Lipinski definition) is 4. The van der Waals surface area contributed by atoms with Crippen molar-refractivity contribution in [3.8, 4) is 11.3 Å². The van der Waals surface area contributed by atoms with Crippen LogP contribution in [0, 0.1) is 11.2 Å². The van der Waals surface area contributed by atoms with Crippen LogP contribution >= 0.6 is 0 Å². The third-order valence-corrected chi connectivity index (χ3v) is 7.99. The zero-order chi connectivity index (χ0) is 27.5. The number of nitrogens with zero attached hydrogens (tertiary/aromatic N) is 3. The highest BCUT2D eigenvalue weighted by atomic mass is 19.3. The molecule has 2 aliphatic heterocycles. The molecular formula is C31H41F3N4. The van der Waals surface area contributed by atoms with Gasteiger partial charge in [0.05, 0.1) is 23.2 Å². The van der Waals surface area contributed by atoms with Gasteiger partial charge in [-0.15, -0.1) is 0 Å². The maximum Gasteiger partial charge on any atom is 0.269 e. The van der Waals surface area contributed by atoms with E-state index in [0.29, 0.717) is 42.4 Å². The van der Waals surface area contributed by atoms with Crippen molar-refractivity contribution in [2.45, 2.75) is 52.4 Å². The molecule has 1 unspecified atom stereocenters. The van der Waals surface area contributed by atoms with E-state index in [9.17, 15) is 4.39 Å². The first-order valence-electron chi connectivity index (χ1n) is 13.9. The fourth-order valence-corrected chi connectivity index (χ4v) is 5.96. The zero-order valence-corrected chi connectivity index (χ0v) is 23.4. The molecular weight excluding hydrogens is 485 g/mol. The molecule has 2 saturated heterocycles. The van der Waals surface area contributed by atoms with E-state index >= 15 is 8.78 Å². The van der Waals surface area contributed by atoms with Crippen molar-refractivity contribution < 1.29 is 13.2 Å². The Hall–Kier alpha value is -2.64. The molecule has 0 amide bonds. The van der Waals surface area contributed by atoms with Crippen molar-refractivity contribution in [3.05, 3.63) is 59.4 Å². The lowest BCUT2D eigenvalue weighted by Gasteiger charge is -2.30. The summed E-state index contributed by atoms with van der Waals surface area (Å²) in [6.07, 6.45) is 3.04. The monoisotopic (exact) mass is 526 g/mol. The van der Waals surface area contributed by atoms with Crippen molar-refractivity contribution in [2.75, 3.05) is 51.7 Å². The summed E-state index contributed by atoms with van der Waals surface area (Å²) < 4.78 is 45.0. The first kappa shape index (κ1) is 28.4. The lowest BCUT2D eigenvalue weighted by molar-refractivity contribution is -0.0735. The normalized spacial score (nSPS) is 20.8. The van der Waals surface area contributed by atoms with Crippen LogP contribution in [0.3, 0.4) is 0 Å². The molecule has 1 atom stereocenters. The Morgan fingerprint density at radius 2 is 1.76 bits per heavy atom. The Bertz CT molecular complexity index is 1240. The number of aryl methyl sites for hydroxylation is 2. The lowest BCUT2D eigenvalue weighted by atomic mass is 9.83. The second-order valence-electron chi connectivity index (χ2n) is 10.6. The summed E-state index contributed by atoms with van der Waals surface area (Å²) in [6, 6.07) is 13.7. The van der Waals surface area contributed by atoms with Gasteiger partial charge in [-0.05, 0) is 75.6 Å². The van der Waals surface area contributed by atoms with Crippen molar-refractivity contribution in [1.82, 2.24) is 15.2 Å². The minimum Gasteiger partial charge on any atom is -0.370 e. The standard InChI is InChI=1S/C29H35F3N4.C2H6/c1-4-21-14-26-23(15-24(21)30)27(36-13-11-28(18-36)17-35(3)19-29(28,31)32)16-25(34-26)22-9-7-20(8-10-22)6-5-12-33-2;1-2/h7-10,14-16,33H,4-6,11-13,17-19H2,1-3H3;1-2H3. The van der Waals surface area contributed by atoms with Crippen LogP contribution in [0.1, 0.15) is 44.7 Å². The maximum absolute atomic E-state index is 15.1. The zero-order valence-electron chi connectivity index (χ0n) is 23.4. The molecule has 7 heteroatoms. The molecule has 1 spiro atoms. The minimum absolute atomic E-state index is 0.210. The number of benzene rings is 2. The molecule has 2 aliphatic rings. The SMILES string of the molecule is CC.CCc1cc2nc(-c3ccc(CCCNC)cc3)cc(N3CCC4(CN(C)CC4(F)F)C3)c2cc1F. The van der Waals surface area contributed by atoms with E-state index in [1.54, 1.807) is 11.9 Å². The van der Waals surface area contributed by atoms with Gasteiger partial charge < -0.3 is 10.2 Å². The summed E-state index contributed by atoms with van der Waals surface area (Å²) >= 11 is 0. The molecule has 38 heavy (non-hydrogen) atoms. The summed E-state index contributed by atoms with van der Waals surface area (Å²) in [5.41, 5.74) is 4.04. The quantitative estimate of drug-likeness (QED) is 0.354. The average Bonchev–Trinajstić information content (AvgIpc) is 3.44. The number of halogens is 3. The smallest absolute Gasteiger partial charge is 0.269 e. The van der Waals surface area contributed by atoms with E-state index in [0.717, 1.165) is 36.3 Å². The highest BCUT2D eigenvalue weighted by molar-refractivity contribution is 5.95. The number of pyridine rings is 1. The van der Waals surface area contributed by atoms with Crippen LogP contribution in [0.4, 0.5) is 18.9 Å². The van der Waals surface area contributed by atoms with Crippen molar-refractivity contribution in [2.24, 2.45) is 5.41 Å². The van der Waals surface area contributed by atoms with Crippen molar-refractivity contribution >= 4 is 16.6 Å². The molecule has 5 rings (SSSR count). The number of fused-ring (bicyclic) bond motifs is 1. The molecule has 2 aromatic carbocycles. The topological polar surface area (TPSA) is 31.4 Å². The molecule has 1 aromatic heterocycles. The van der Waals surface area contributed by atoms with Gasteiger partial charge in [0.1, 0.15) is 5.82 Å². The van der Waals surface area contributed by atoms with E-state index in [4.69, 9.17) is 4.98 Å². The molecule has 0 aliphatic carbocycles. The lowest BCUT2D eigenvalue weighted by Crippen LogP contribution is -2.42. The van der Waals surface area contributed by atoms with Crippen LogP contribution in [0.5, 0.6) is 0 Å². The fraction of sp³-hybridized carbons (Fsp3) is 0.516. The highest BCUT2D eigenvalue weighted by Gasteiger charge is 2.61. The Kier molecular flexibility index (Phi) is 8.68. The molecule has 206 valence electrons. The predicted octanol–water partition coefficient (Wildman–Crippen LogP) is 6.56. The molecule has 0 bridgehead atoms. The number of aromatic nitrogens is 1. The van der Waals surface area contributed by atoms with Crippen LogP contribution in [0.25, 0.3) is 22.2 Å². The number of likely N-dealkylation sites (tertiary alicyclic amines) is 1. The molecule has 1 N–H and O–H groups in total. The number of alkyl halides is 2. The van der Waals surface area contributed by atoms with Gasteiger partial charge in [0.15, 0.2) is 0 Å². The van der Waals surface area contributed by atoms with Crippen molar-refractivity contribution in [3.63, 3.8) is 0 Å². The summed E-state index contributed by atoms with van der Waals surface area (Å²) in [7, 11) is 3.71. The van der Waals surface area contributed by atoms with Crippen LogP contribution in [-0.2, 0) is 12.8 Å². The minimum atomic E-state index is -2.74. The number of nitrogens with one attached hydrogen (secondary N) is 1. The molecule has 0 radical (unpaired) electrons. The van der Waals surface area contributed by atoms with E-state index in [1.807, 2.05) is 44.9 Å². The summed E-state index contributed by atoms with van der Waals surface area (Å²) in [6.45, 7) is 7.83. The number of anilines is 1. The first-order valence-corrected chi connectivity index (χ1v) is 13.9. The fourth-order valence-electron chi connectivity index (χ4n) is 5.96. The van der Waals surface area contributed by atoms with Gasteiger partial charge in [0, 0.05) is 36.3 Å². The molecule has 0 saturated carbocycles. The highest BCUT2D eigenvalue weighted by Crippen LogP contribution is 2.51. The first-order chi connectivity index (χ1) is 18.2. The average molecular weight is 527 g/mol. The Morgan fingerprint density at radius 3 is 2.39 bits per heavy atom. The van der Waals surface area contributed by atoms with Gasteiger partial charge in [-0.25, -0.2) is 18.2 Å². The van der Waals surface area contributed by atoms with Gasteiger partial charge in [0.2, 0.25) is 0 Å². The van der Waals surface area contributed by atoms with E-state index in [-0.39, 0.29) is 18.9 Å². The van der Waals surface area contributed by atoms with Crippen LogP contribution in [-0.4, -0.2) is 62.6 Å². The van der Waals surface area contributed by atoms with E-state index < -0.39 is 11.3 Å². The van der Waals surface area contributed by atoms with Gasteiger partial charge in [-0.2, -0.15) is 0 Å². The van der Waals surface area contributed by atoms with Gasteiger partial charge in [-0.3, -0.25) is 4.90 Å². The van der Waals surface area contributed by atoms with Gasteiger partial charge in [0.25, 0.3) is 5.92 Å². The van der Waals surface area contributed by atoms with Crippen molar-refractivity contribution in [1.29, 1.82) is 0 Å². The molecule has 3 aromatic rings. The van der Waals surface area contributed by atoms with Crippen LogP contribution in [0.15, 0.2) is 42.5 Å². The third kappa shape index (κ3) is 5.41. The molecule has 3 heterocycles. The largest absolute Gasteiger partial charge is 0.370 e. The summed E-state index contributed by atoms with van der Waals surface area (Å²) in [5.74, 6) is -3.02. The summed E-state index contributed by atoms with van der Waals surface area (Å²) in [5, 5.41) is 3.86. The second kappa shape index (κ2) is 11.6. The van der Waals surface area contributed by atoms with Gasteiger partial charge in [-0.1, -0.05) is 45.0 Å². The molecule has 2 fully saturated rings. The summed E-state index contributed by atoms with van der Waals surface area (Å²) in [4.78, 5) is 8.65. The second-order valence-corrected chi connectivity index (χ2v) is 10.6. The number of rotatable bonds is 7. The number of hydrogen-bond donors (Lipinski definition) is 1.